The molecule has 0 radical (unpaired) electrons. The largest absolute Gasteiger partial charge is 0.467 e. The molecule has 1 rings (SSSR count). The van der Waals surface area contributed by atoms with Crippen LogP contribution in [0.5, 0.6) is 0 Å². The van der Waals surface area contributed by atoms with Crippen LogP contribution < -0.4 is 5.73 Å². The van der Waals surface area contributed by atoms with E-state index < -0.39 is 0 Å². The zero-order valence-corrected chi connectivity index (χ0v) is 7.66. The Hall–Kier alpha value is -1.06. The van der Waals surface area contributed by atoms with Crippen LogP contribution in [0.2, 0.25) is 0 Å². The van der Waals surface area contributed by atoms with Gasteiger partial charge in [0, 0.05) is 12.1 Å². The quantitative estimate of drug-likeness (QED) is 0.538. The van der Waals surface area contributed by atoms with Crippen molar-refractivity contribution in [1.29, 1.82) is 0 Å². The maximum Gasteiger partial charge on any atom is 0.129 e. The Morgan fingerprint density at radius 3 is 3.08 bits per heavy atom. The number of rotatable bonds is 6. The monoisotopic (exact) mass is 181 g/mol. The Kier molecular flexibility index (Phi) is 4.29. The van der Waals surface area contributed by atoms with Gasteiger partial charge in [0.1, 0.15) is 12.4 Å². The van der Waals surface area contributed by atoms with Crippen LogP contribution in [0.15, 0.2) is 29.4 Å². The van der Waals surface area contributed by atoms with Crippen LogP contribution in [0, 0.1) is 0 Å². The Labute approximate surface area is 78.2 Å². The van der Waals surface area contributed by atoms with Crippen molar-refractivity contribution in [3.63, 3.8) is 0 Å². The van der Waals surface area contributed by atoms with Crippen molar-refractivity contribution in [2.45, 2.75) is 19.6 Å². The fourth-order valence-corrected chi connectivity index (χ4v) is 0.948. The van der Waals surface area contributed by atoms with Gasteiger partial charge in [-0.1, -0.05) is 6.08 Å². The molecular formula is C10H15NO2. The molecule has 0 amide bonds. The molecule has 0 aliphatic rings. The Bertz CT molecular complexity index is 255. The second-order valence-electron chi connectivity index (χ2n) is 2.76. The van der Waals surface area contributed by atoms with E-state index in [1.807, 2.05) is 12.1 Å². The van der Waals surface area contributed by atoms with E-state index in [0.717, 1.165) is 17.7 Å². The second-order valence-corrected chi connectivity index (χ2v) is 2.76. The van der Waals surface area contributed by atoms with Crippen LogP contribution in [0.4, 0.5) is 0 Å². The fourth-order valence-electron chi connectivity index (χ4n) is 0.948. The molecule has 3 heteroatoms. The highest BCUT2D eigenvalue weighted by Gasteiger charge is 1.99. The average Bonchev–Trinajstić information content (AvgIpc) is 2.60. The molecule has 0 saturated heterocycles. The van der Waals surface area contributed by atoms with Crippen LogP contribution in [-0.2, 0) is 17.9 Å². The molecule has 1 aromatic heterocycles. The van der Waals surface area contributed by atoms with Crippen LogP contribution in [0.1, 0.15) is 17.7 Å². The van der Waals surface area contributed by atoms with Gasteiger partial charge in [-0.15, -0.1) is 6.58 Å². The van der Waals surface area contributed by atoms with Crippen molar-refractivity contribution in [2.24, 2.45) is 5.73 Å². The SMILES string of the molecule is C=CCCOCc1cc(CN)co1. The molecule has 13 heavy (non-hydrogen) atoms. The molecule has 2 N–H and O–H groups in total. The first kappa shape index (κ1) is 10.0. The van der Waals surface area contributed by atoms with E-state index in [1.165, 1.54) is 0 Å². The minimum atomic E-state index is 0.508. The van der Waals surface area contributed by atoms with Crippen LogP contribution >= 0.6 is 0 Å². The standard InChI is InChI=1S/C10H15NO2/c1-2-3-4-12-8-10-5-9(6-11)7-13-10/h2,5,7H,1,3-4,6,8,11H2. The van der Waals surface area contributed by atoms with Crippen LogP contribution in [-0.4, -0.2) is 6.61 Å². The number of hydrogen-bond acceptors (Lipinski definition) is 3. The van der Waals surface area contributed by atoms with Gasteiger partial charge in [-0.05, 0) is 12.5 Å². The average molecular weight is 181 g/mol. The van der Waals surface area contributed by atoms with Crippen LogP contribution in [0.3, 0.4) is 0 Å². The van der Waals surface area contributed by atoms with E-state index in [-0.39, 0.29) is 0 Å². The van der Waals surface area contributed by atoms with Crippen molar-refractivity contribution in [2.75, 3.05) is 6.61 Å². The summed E-state index contributed by atoms with van der Waals surface area (Å²) >= 11 is 0. The van der Waals surface area contributed by atoms with E-state index in [4.69, 9.17) is 14.9 Å². The lowest BCUT2D eigenvalue weighted by molar-refractivity contribution is 0.110. The van der Waals surface area contributed by atoms with E-state index in [0.29, 0.717) is 19.8 Å². The first-order chi connectivity index (χ1) is 6.36. The molecule has 0 saturated carbocycles. The molecule has 0 atom stereocenters. The third-order valence-electron chi connectivity index (χ3n) is 1.65. The van der Waals surface area contributed by atoms with Crippen molar-refractivity contribution in [1.82, 2.24) is 0 Å². The number of hydrogen-bond donors (Lipinski definition) is 1. The van der Waals surface area contributed by atoms with E-state index in [2.05, 4.69) is 6.58 Å². The minimum absolute atomic E-state index is 0.508. The highest BCUT2D eigenvalue weighted by molar-refractivity contribution is 5.11. The van der Waals surface area contributed by atoms with Gasteiger partial charge in [0.25, 0.3) is 0 Å². The normalized spacial score (nSPS) is 10.2. The fraction of sp³-hybridized carbons (Fsp3) is 0.400. The lowest BCUT2D eigenvalue weighted by Gasteiger charge is -1.97. The molecule has 0 spiro atoms. The predicted octanol–water partition coefficient (Wildman–Crippen LogP) is 1.83. The molecule has 1 heterocycles. The molecule has 72 valence electrons. The Morgan fingerprint density at radius 1 is 1.62 bits per heavy atom. The van der Waals surface area contributed by atoms with Gasteiger partial charge in [-0.2, -0.15) is 0 Å². The zero-order valence-electron chi connectivity index (χ0n) is 7.66. The topological polar surface area (TPSA) is 48.4 Å². The summed E-state index contributed by atoms with van der Waals surface area (Å²) < 4.78 is 10.5. The van der Waals surface area contributed by atoms with Gasteiger partial charge in [0.15, 0.2) is 0 Å². The third-order valence-corrected chi connectivity index (χ3v) is 1.65. The number of furan rings is 1. The van der Waals surface area contributed by atoms with Gasteiger partial charge < -0.3 is 14.9 Å². The molecule has 0 aliphatic carbocycles. The summed E-state index contributed by atoms with van der Waals surface area (Å²) in [5.41, 5.74) is 6.43. The first-order valence-electron chi connectivity index (χ1n) is 4.32. The van der Waals surface area contributed by atoms with Gasteiger partial charge in [0.05, 0.1) is 12.9 Å². The number of nitrogens with two attached hydrogens (primary N) is 1. The first-order valence-corrected chi connectivity index (χ1v) is 4.32. The van der Waals surface area contributed by atoms with Gasteiger partial charge in [-0.3, -0.25) is 0 Å². The molecule has 0 aromatic carbocycles. The highest BCUT2D eigenvalue weighted by atomic mass is 16.5. The summed E-state index contributed by atoms with van der Waals surface area (Å²) in [6, 6.07) is 1.91. The second kappa shape index (κ2) is 5.56. The predicted molar refractivity (Wildman–Crippen MR) is 51.1 cm³/mol. The maximum atomic E-state index is 5.43. The van der Waals surface area contributed by atoms with Crippen molar-refractivity contribution in [3.8, 4) is 0 Å². The summed E-state index contributed by atoms with van der Waals surface area (Å²) in [6.07, 6.45) is 4.35. The van der Waals surface area contributed by atoms with E-state index in [9.17, 15) is 0 Å². The van der Waals surface area contributed by atoms with Gasteiger partial charge in [-0.25, -0.2) is 0 Å². The molecule has 0 bridgehead atoms. The highest BCUT2D eigenvalue weighted by Crippen LogP contribution is 2.08. The van der Waals surface area contributed by atoms with E-state index >= 15 is 0 Å². The molecule has 0 fully saturated rings. The number of ether oxygens (including phenoxy) is 1. The van der Waals surface area contributed by atoms with Gasteiger partial charge >= 0.3 is 0 Å². The molecular weight excluding hydrogens is 166 g/mol. The summed E-state index contributed by atoms with van der Waals surface area (Å²) in [5.74, 6) is 0.824. The van der Waals surface area contributed by atoms with Crippen molar-refractivity contribution < 1.29 is 9.15 Å². The lowest BCUT2D eigenvalue weighted by atomic mass is 10.3. The smallest absolute Gasteiger partial charge is 0.129 e. The van der Waals surface area contributed by atoms with Crippen LogP contribution in [0.25, 0.3) is 0 Å². The molecule has 0 unspecified atom stereocenters. The van der Waals surface area contributed by atoms with Crippen molar-refractivity contribution >= 4 is 0 Å². The van der Waals surface area contributed by atoms with Gasteiger partial charge in [0.2, 0.25) is 0 Å². The Balaban J connectivity index is 2.24. The maximum absolute atomic E-state index is 5.43. The summed E-state index contributed by atoms with van der Waals surface area (Å²) in [6.45, 7) is 5.30. The molecule has 0 aliphatic heterocycles. The summed E-state index contributed by atoms with van der Waals surface area (Å²) in [5, 5.41) is 0. The molecule has 1 aromatic rings. The van der Waals surface area contributed by atoms with Crippen molar-refractivity contribution in [3.05, 3.63) is 36.3 Å². The lowest BCUT2D eigenvalue weighted by Crippen LogP contribution is -1.94. The third kappa shape index (κ3) is 3.44. The Morgan fingerprint density at radius 2 is 2.46 bits per heavy atom. The summed E-state index contributed by atoms with van der Waals surface area (Å²) in [4.78, 5) is 0. The zero-order chi connectivity index (χ0) is 9.52. The minimum Gasteiger partial charge on any atom is -0.467 e. The summed E-state index contributed by atoms with van der Waals surface area (Å²) in [7, 11) is 0. The molecule has 3 nitrogen and oxygen atoms in total. The van der Waals surface area contributed by atoms with E-state index in [1.54, 1.807) is 6.26 Å².